The van der Waals surface area contributed by atoms with Crippen LogP contribution < -0.4 is 5.32 Å². The molecule has 0 fully saturated rings. The number of nitrogens with one attached hydrogen (secondary N) is 1. The zero-order valence-corrected chi connectivity index (χ0v) is 16.6. The van der Waals surface area contributed by atoms with Gasteiger partial charge in [-0.2, -0.15) is 0 Å². The maximum atomic E-state index is 5.04. The van der Waals surface area contributed by atoms with Gasteiger partial charge in [-0.1, -0.05) is 18.3 Å². The molecule has 1 aliphatic rings. The molecule has 0 spiro atoms. The van der Waals surface area contributed by atoms with Crippen molar-refractivity contribution in [3.8, 4) is 0 Å². The third-order valence-corrected chi connectivity index (χ3v) is 7.33. The molecule has 9 heteroatoms. The van der Waals surface area contributed by atoms with E-state index in [1.54, 1.807) is 36.5 Å². The fraction of sp³-hybridized carbons (Fsp3) is 0.500. The fourth-order valence-corrected chi connectivity index (χ4v) is 6.22. The van der Waals surface area contributed by atoms with Crippen molar-refractivity contribution in [1.82, 2.24) is 20.2 Å². The van der Waals surface area contributed by atoms with E-state index in [1.165, 1.54) is 22.2 Å². The number of hydrogen-bond donors (Lipinski definition) is 1. The summed E-state index contributed by atoms with van der Waals surface area (Å²) in [6, 6.07) is 0. The molecule has 25 heavy (non-hydrogen) atoms. The molecule has 132 valence electrons. The van der Waals surface area contributed by atoms with Gasteiger partial charge in [0.2, 0.25) is 5.13 Å². The van der Waals surface area contributed by atoms with E-state index in [-0.39, 0.29) is 0 Å². The summed E-state index contributed by atoms with van der Waals surface area (Å²) in [5, 5.41) is 14.7. The first-order chi connectivity index (χ1) is 12.2. The lowest BCUT2D eigenvalue weighted by atomic mass is 9.89. The summed E-state index contributed by atoms with van der Waals surface area (Å²) in [6.45, 7) is 3.70. The summed E-state index contributed by atoms with van der Waals surface area (Å²) in [5.74, 6) is 0.758. The fourth-order valence-electron chi connectivity index (χ4n) is 2.99. The molecule has 0 amide bonds. The Morgan fingerprint density at radius 1 is 1.32 bits per heavy atom. The van der Waals surface area contributed by atoms with Crippen LogP contribution in [0.5, 0.6) is 0 Å². The summed E-state index contributed by atoms with van der Waals surface area (Å²) < 4.78 is 5.93. The van der Waals surface area contributed by atoms with Crippen LogP contribution in [0.4, 0.5) is 5.13 Å². The highest BCUT2D eigenvalue weighted by molar-refractivity contribution is 8.01. The molecule has 0 aromatic carbocycles. The monoisotopic (exact) mass is 393 g/mol. The van der Waals surface area contributed by atoms with Crippen LogP contribution in [0.15, 0.2) is 15.7 Å². The highest BCUT2D eigenvalue weighted by atomic mass is 32.2. The van der Waals surface area contributed by atoms with E-state index in [9.17, 15) is 0 Å². The second-order valence-corrected chi connectivity index (χ2v) is 9.40. The van der Waals surface area contributed by atoms with Crippen molar-refractivity contribution in [2.45, 2.75) is 35.6 Å². The van der Waals surface area contributed by atoms with E-state index in [4.69, 9.17) is 4.74 Å². The van der Waals surface area contributed by atoms with Gasteiger partial charge in [-0.25, -0.2) is 9.97 Å². The van der Waals surface area contributed by atoms with E-state index in [1.807, 2.05) is 11.3 Å². The number of thiophene rings is 1. The zero-order chi connectivity index (χ0) is 17.2. The summed E-state index contributed by atoms with van der Waals surface area (Å²) >= 11 is 4.95. The molecule has 0 radical (unpaired) electrons. The highest BCUT2D eigenvalue weighted by Gasteiger charge is 2.23. The molecule has 3 heterocycles. The lowest BCUT2D eigenvalue weighted by Gasteiger charge is -2.17. The number of fused-ring (bicyclic) bond motifs is 3. The van der Waals surface area contributed by atoms with Crippen molar-refractivity contribution in [3.63, 3.8) is 0 Å². The highest BCUT2D eigenvalue weighted by Crippen LogP contribution is 2.42. The number of hydrogen-bond acceptors (Lipinski definition) is 9. The minimum atomic E-state index is 0.647. The van der Waals surface area contributed by atoms with E-state index in [0.29, 0.717) is 6.61 Å². The summed E-state index contributed by atoms with van der Waals surface area (Å²) in [4.78, 5) is 11.6. The standard InChI is InChI=1S/C16H19N5OS3/c1-9-3-4-10-11(7-9)23-13-12(10)14(19-8-18-13)24-16-21-20-15(25-16)17-5-6-22-2/h8-9H,3-7H2,1-2H3,(H,17,20). The van der Waals surface area contributed by atoms with Crippen LogP contribution in [-0.2, 0) is 17.6 Å². The molecule has 6 nitrogen and oxygen atoms in total. The van der Waals surface area contributed by atoms with Gasteiger partial charge >= 0.3 is 0 Å². The topological polar surface area (TPSA) is 72.8 Å². The van der Waals surface area contributed by atoms with Gasteiger partial charge in [-0.05, 0) is 42.5 Å². The molecule has 0 aliphatic heterocycles. The zero-order valence-electron chi connectivity index (χ0n) is 14.1. The largest absolute Gasteiger partial charge is 0.383 e. The first kappa shape index (κ1) is 17.1. The van der Waals surface area contributed by atoms with Crippen LogP contribution in [0.25, 0.3) is 10.2 Å². The SMILES string of the molecule is COCCNc1nnc(Sc2ncnc3sc4c(c23)CCC(C)C4)s1. The second kappa shape index (κ2) is 7.53. The molecule has 1 atom stereocenters. The Kier molecular flexibility index (Phi) is 5.16. The number of methoxy groups -OCH3 is 1. The summed E-state index contributed by atoms with van der Waals surface area (Å²) in [7, 11) is 1.69. The Bertz CT molecular complexity index is 878. The molecular formula is C16H19N5OS3. The maximum absolute atomic E-state index is 5.04. The summed E-state index contributed by atoms with van der Waals surface area (Å²) in [6.07, 6.45) is 5.18. The second-order valence-electron chi connectivity index (χ2n) is 6.11. The van der Waals surface area contributed by atoms with Gasteiger partial charge in [-0.3, -0.25) is 0 Å². The quantitative estimate of drug-likeness (QED) is 0.503. The van der Waals surface area contributed by atoms with Crippen LogP contribution in [-0.4, -0.2) is 40.4 Å². The molecule has 1 unspecified atom stereocenters. The van der Waals surface area contributed by atoms with Gasteiger partial charge in [0, 0.05) is 23.9 Å². The van der Waals surface area contributed by atoms with E-state index in [0.717, 1.165) is 44.6 Å². The molecule has 1 N–H and O–H groups in total. The lowest BCUT2D eigenvalue weighted by Crippen LogP contribution is -2.08. The first-order valence-electron chi connectivity index (χ1n) is 8.24. The van der Waals surface area contributed by atoms with Gasteiger partial charge in [0.15, 0.2) is 4.34 Å². The molecule has 3 aromatic rings. The van der Waals surface area contributed by atoms with Crippen LogP contribution in [0.1, 0.15) is 23.8 Å². The van der Waals surface area contributed by atoms with Gasteiger partial charge in [0.25, 0.3) is 0 Å². The Hall–Kier alpha value is -1.29. The molecule has 0 saturated carbocycles. The third kappa shape index (κ3) is 3.64. The Labute approximate surface area is 158 Å². The molecular weight excluding hydrogens is 374 g/mol. The number of rotatable bonds is 6. The van der Waals surface area contributed by atoms with Crippen molar-refractivity contribution in [3.05, 3.63) is 16.8 Å². The van der Waals surface area contributed by atoms with Gasteiger partial charge < -0.3 is 10.1 Å². The van der Waals surface area contributed by atoms with Crippen molar-refractivity contribution in [1.29, 1.82) is 0 Å². The lowest BCUT2D eigenvalue weighted by molar-refractivity contribution is 0.211. The summed E-state index contributed by atoms with van der Waals surface area (Å²) in [5.41, 5.74) is 1.45. The number of nitrogens with zero attached hydrogens (tertiary/aromatic N) is 4. The number of aryl methyl sites for hydroxylation is 1. The van der Waals surface area contributed by atoms with Crippen molar-refractivity contribution < 1.29 is 4.74 Å². The van der Waals surface area contributed by atoms with Crippen LogP contribution in [0.2, 0.25) is 0 Å². The number of ether oxygens (including phenoxy) is 1. The Morgan fingerprint density at radius 2 is 2.24 bits per heavy atom. The van der Waals surface area contributed by atoms with Gasteiger partial charge in [-0.15, -0.1) is 21.5 Å². The Morgan fingerprint density at radius 3 is 3.12 bits per heavy atom. The maximum Gasteiger partial charge on any atom is 0.206 e. The normalized spacial score (nSPS) is 17.0. The van der Waals surface area contributed by atoms with E-state index in [2.05, 4.69) is 32.4 Å². The van der Waals surface area contributed by atoms with Crippen molar-refractivity contribution in [2.24, 2.45) is 5.92 Å². The predicted molar refractivity (Wildman–Crippen MR) is 103 cm³/mol. The average molecular weight is 394 g/mol. The average Bonchev–Trinajstić information content (AvgIpc) is 3.19. The van der Waals surface area contributed by atoms with Crippen LogP contribution in [0.3, 0.4) is 0 Å². The number of aromatic nitrogens is 4. The smallest absolute Gasteiger partial charge is 0.206 e. The molecule has 4 rings (SSSR count). The predicted octanol–water partition coefficient (Wildman–Crippen LogP) is 3.88. The Balaban J connectivity index is 1.59. The molecule has 0 saturated heterocycles. The number of anilines is 1. The van der Waals surface area contributed by atoms with E-state index < -0.39 is 0 Å². The molecule has 3 aromatic heterocycles. The van der Waals surface area contributed by atoms with Crippen LogP contribution in [0, 0.1) is 5.92 Å². The first-order valence-corrected chi connectivity index (χ1v) is 10.7. The minimum absolute atomic E-state index is 0.647. The van der Waals surface area contributed by atoms with Crippen molar-refractivity contribution in [2.75, 3.05) is 25.6 Å². The van der Waals surface area contributed by atoms with E-state index >= 15 is 0 Å². The minimum Gasteiger partial charge on any atom is -0.383 e. The molecule has 0 bridgehead atoms. The van der Waals surface area contributed by atoms with Gasteiger partial charge in [0.1, 0.15) is 16.2 Å². The van der Waals surface area contributed by atoms with Crippen molar-refractivity contribution >= 4 is 49.8 Å². The van der Waals surface area contributed by atoms with Crippen LogP contribution >= 0.6 is 34.4 Å². The van der Waals surface area contributed by atoms with Gasteiger partial charge in [0.05, 0.1) is 6.61 Å². The third-order valence-electron chi connectivity index (χ3n) is 4.23. The molecule has 1 aliphatic carbocycles.